The summed E-state index contributed by atoms with van der Waals surface area (Å²) < 4.78 is 44.3. The third-order valence-corrected chi connectivity index (χ3v) is 5.89. The second-order valence-corrected chi connectivity index (χ2v) is 10.5. The van der Waals surface area contributed by atoms with Crippen LogP contribution in [-0.4, -0.2) is 29.0 Å². The fourth-order valence-corrected chi connectivity index (χ4v) is 4.58. The first kappa shape index (κ1) is 26.2. The van der Waals surface area contributed by atoms with Gasteiger partial charge in [0.2, 0.25) is 0 Å². The Morgan fingerprint density at radius 3 is 2.15 bits per heavy atom. The second kappa shape index (κ2) is 9.67. The minimum Gasteiger partial charge on any atom is -0.340 e. The first-order valence-corrected chi connectivity index (χ1v) is 11.5. The molecule has 2 aromatic carbocycles. The highest BCUT2D eigenvalue weighted by molar-refractivity contribution is 6.30. The van der Waals surface area contributed by atoms with Gasteiger partial charge in [-0.1, -0.05) is 68.2 Å². The van der Waals surface area contributed by atoms with Crippen molar-refractivity contribution in [1.29, 1.82) is 0 Å². The Morgan fingerprint density at radius 2 is 1.62 bits per heavy atom. The number of nitrogens with zero attached hydrogens (tertiary/aromatic N) is 2. The van der Waals surface area contributed by atoms with Crippen molar-refractivity contribution in [3.63, 3.8) is 0 Å². The number of hydrogen-bond donors (Lipinski definition) is 0. The normalized spacial score (nSPS) is 12.2. The molecule has 0 unspecified atom stereocenters. The van der Waals surface area contributed by atoms with Crippen LogP contribution in [0.5, 0.6) is 0 Å². The summed E-state index contributed by atoms with van der Waals surface area (Å²) in [6.45, 7) is 7.52. The first-order valence-electron chi connectivity index (χ1n) is 10.7. The van der Waals surface area contributed by atoms with Crippen LogP contribution in [-0.2, 0) is 12.7 Å². The standard InChI is InChI=1S/C26H27Cl2F3N2O/c1-16-21(18-9-11-19(27)12-10-18)22(24(34)32(5)15-25(2,3)4)33(23(16)26(29,30)31)14-17-7-6-8-20(28)13-17/h6-13H,14-15H2,1-5H3. The molecule has 0 saturated heterocycles. The van der Waals surface area contributed by atoms with Crippen molar-refractivity contribution >= 4 is 29.1 Å². The molecule has 0 bridgehead atoms. The number of amides is 1. The zero-order chi connectivity index (χ0) is 25.4. The Morgan fingerprint density at radius 1 is 1.00 bits per heavy atom. The van der Waals surface area contributed by atoms with Crippen LogP contribution in [0, 0.1) is 12.3 Å². The van der Waals surface area contributed by atoms with E-state index in [0.717, 1.165) is 4.57 Å². The minimum absolute atomic E-state index is 0.00985. The van der Waals surface area contributed by atoms with Crippen LogP contribution in [0.4, 0.5) is 13.2 Å². The molecular formula is C26H27Cl2F3N2O. The van der Waals surface area contributed by atoms with Crippen molar-refractivity contribution in [1.82, 2.24) is 9.47 Å². The lowest BCUT2D eigenvalue weighted by Gasteiger charge is -2.28. The van der Waals surface area contributed by atoms with E-state index in [0.29, 0.717) is 27.7 Å². The van der Waals surface area contributed by atoms with Gasteiger partial charge in [0.05, 0.1) is 0 Å². The van der Waals surface area contributed by atoms with Crippen molar-refractivity contribution in [2.24, 2.45) is 5.41 Å². The predicted octanol–water partition coefficient (Wildman–Crippen LogP) is 7.96. The van der Waals surface area contributed by atoms with Crippen LogP contribution in [0.3, 0.4) is 0 Å². The summed E-state index contributed by atoms with van der Waals surface area (Å²) in [5.74, 6) is -0.486. The topological polar surface area (TPSA) is 25.2 Å². The molecule has 182 valence electrons. The number of carbonyl (C=O) groups is 1. The molecule has 0 atom stereocenters. The van der Waals surface area contributed by atoms with Gasteiger partial charge in [-0.2, -0.15) is 13.2 Å². The number of rotatable bonds is 5. The Labute approximate surface area is 208 Å². The summed E-state index contributed by atoms with van der Waals surface area (Å²) in [5, 5.41) is 0.860. The Bertz CT molecular complexity index is 1190. The third-order valence-electron chi connectivity index (χ3n) is 5.40. The maximum atomic E-state index is 14.4. The van der Waals surface area contributed by atoms with Gasteiger partial charge in [0.25, 0.3) is 5.91 Å². The molecule has 1 heterocycles. The maximum Gasteiger partial charge on any atom is 0.431 e. The zero-order valence-corrected chi connectivity index (χ0v) is 21.2. The van der Waals surface area contributed by atoms with Gasteiger partial charge in [-0.05, 0) is 53.3 Å². The van der Waals surface area contributed by atoms with Gasteiger partial charge in [-0.15, -0.1) is 0 Å². The van der Waals surface area contributed by atoms with Gasteiger partial charge < -0.3 is 9.47 Å². The molecule has 0 saturated carbocycles. The van der Waals surface area contributed by atoms with Gasteiger partial charge in [0.15, 0.2) is 0 Å². The Balaban J connectivity index is 2.33. The fourth-order valence-electron chi connectivity index (χ4n) is 4.24. The summed E-state index contributed by atoms with van der Waals surface area (Å²) in [6.07, 6.45) is -4.68. The largest absolute Gasteiger partial charge is 0.431 e. The van der Waals surface area contributed by atoms with Crippen LogP contribution in [0.15, 0.2) is 48.5 Å². The summed E-state index contributed by atoms with van der Waals surface area (Å²) in [6, 6.07) is 13.1. The number of aromatic nitrogens is 1. The average Bonchev–Trinajstić information content (AvgIpc) is 2.98. The molecule has 0 aliphatic carbocycles. The second-order valence-electron chi connectivity index (χ2n) is 9.64. The number of carbonyl (C=O) groups excluding carboxylic acids is 1. The molecule has 0 N–H and O–H groups in total. The lowest BCUT2D eigenvalue weighted by Crippen LogP contribution is -2.36. The van der Waals surface area contributed by atoms with E-state index in [4.69, 9.17) is 23.2 Å². The molecule has 1 aromatic heterocycles. The molecule has 3 rings (SSSR count). The summed E-state index contributed by atoms with van der Waals surface area (Å²) in [4.78, 5) is 15.2. The molecule has 0 fully saturated rings. The summed E-state index contributed by atoms with van der Waals surface area (Å²) in [7, 11) is 1.61. The predicted molar refractivity (Wildman–Crippen MR) is 132 cm³/mol. The summed E-state index contributed by atoms with van der Waals surface area (Å²) in [5.41, 5.74) is 0.176. The van der Waals surface area contributed by atoms with E-state index in [2.05, 4.69) is 0 Å². The van der Waals surface area contributed by atoms with E-state index in [1.54, 1.807) is 55.6 Å². The molecule has 0 aliphatic heterocycles. The smallest absolute Gasteiger partial charge is 0.340 e. The molecule has 0 radical (unpaired) electrons. The number of alkyl halides is 3. The number of benzene rings is 2. The highest BCUT2D eigenvalue weighted by atomic mass is 35.5. The van der Waals surface area contributed by atoms with E-state index in [9.17, 15) is 18.0 Å². The molecule has 0 spiro atoms. The number of hydrogen-bond acceptors (Lipinski definition) is 1. The van der Waals surface area contributed by atoms with Crippen LogP contribution >= 0.6 is 23.2 Å². The lowest BCUT2D eigenvalue weighted by molar-refractivity contribution is -0.143. The van der Waals surface area contributed by atoms with Crippen molar-refractivity contribution in [3.8, 4) is 11.1 Å². The van der Waals surface area contributed by atoms with E-state index >= 15 is 0 Å². The van der Waals surface area contributed by atoms with Gasteiger partial charge in [0, 0.05) is 35.7 Å². The van der Waals surface area contributed by atoms with Crippen LogP contribution in [0.25, 0.3) is 11.1 Å². The summed E-state index contributed by atoms with van der Waals surface area (Å²) >= 11 is 12.1. The monoisotopic (exact) mass is 510 g/mol. The molecule has 8 heteroatoms. The van der Waals surface area contributed by atoms with Gasteiger partial charge in [-0.3, -0.25) is 4.79 Å². The van der Waals surface area contributed by atoms with E-state index in [-0.39, 0.29) is 28.8 Å². The minimum atomic E-state index is -4.68. The van der Waals surface area contributed by atoms with E-state index in [1.807, 2.05) is 20.8 Å². The zero-order valence-electron chi connectivity index (χ0n) is 19.7. The molecular weight excluding hydrogens is 484 g/mol. The Hall–Kier alpha value is -2.44. The van der Waals surface area contributed by atoms with Gasteiger partial charge in [0.1, 0.15) is 11.4 Å². The Kier molecular flexibility index (Phi) is 7.44. The van der Waals surface area contributed by atoms with Gasteiger partial charge >= 0.3 is 6.18 Å². The highest BCUT2D eigenvalue weighted by Crippen LogP contribution is 2.42. The maximum absolute atomic E-state index is 14.4. The van der Waals surface area contributed by atoms with Crippen LogP contribution in [0.1, 0.15) is 48.1 Å². The van der Waals surface area contributed by atoms with Crippen LogP contribution < -0.4 is 0 Å². The van der Waals surface area contributed by atoms with E-state index in [1.165, 1.54) is 11.8 Å². The first-order chi connectivity index (χ1) is 15.7. The van der Waals surface area contributed by atoms with Crippen molar-refractivity contribution in [2.75, 3.05) is 13.6 Å². The molecule has 34 heavy (non-hydrogen) atoms. The molecule has 0 aliphatic rings. The number of halogens is 5. The van der Waals surface area contributed by atoms with Crippen molar-refractivity contribution in [2.45, 2.75) is 40.4 Å². The molecule has 3 nitrogen and oxygen atoms in total. The van der Waals surface area contributed by atoms with Gasteiger partial charge in [-0.25, -0.2) is 0 Å². The van der Waals surface area contributed by atoms with Crippen molar-refractivity contribution < 1.29 is 18.0 Å². The third kappa shape index (κ3) is 5.78. The van der Waals surface area contributed by atoms with E-state index < -0.39 is 17.8 Å². The fraction of sp³-hybridized carbons (Fsp3) is 0.346. The van der Waals surface area contributed by atoms with Crippen molar-refractivity contribution in [3.05, 3.63) is 81.1 Å². The molecule has 3 aromatic rings. The average molecular weight is 511 g/mol. The van der Waals surface area contributed by atoms with Crippen LogP contribution in [0.2, 0.25) is 10.0 Å². The highest BCUT2D eigenvalue weighted by Gasteiger charge is 2.41. The lowest BCUT2D eigenvalue weighted by atomic mass is 9.95. The molecule has 1 amide bonds. The quantitative estimate of drug-likeness (QED) is 0.341. The SMILES string of the molecule is Cc1c(-c2ccc(Cl)cc2)c(C(=O)N(C)CC(C)(C)C)n(Cc2cccc(Cl)c2)c1C(F)(F)F.